The number of rotatable bonds is 23. The third-order valence-corrected chi connectivity index (χ3v) is 11.3. The Kier molecular flexibility index (Phi) is 18.6. The van der Waals surface area contributed by atoms with Gasteiger partial charge in [0.15, 0.2) is 24.8 Å². The summed E-state index contributed by atoms with van der Waals surface area (Å²) in [5.74, 6) is -0.872. The molecule has 67 heavy (non-hydrogen) atoms. The zero-order valence-electron chi connectivity index (χ0n) is 37.9. The first-order valence-corrected chi connectivity index (χ1v) is 22.1. The van der Waals surface area contributed by atoms with Crippen LogP contribution in [0.5, 0.6) is 5.75 Å². The van der Waals surface area contributed by atoms with Crippen LogP contribution in [0.3, 0.4) is 0 Å². The molecule has 0 bridgehead atoms. The van der Waals surface area contributed by atoms with Crippen molar-refractivity contribution in [3.63, 3.8) is 0 Å². The summed E-state index contributed by atoms with van der Waals surface area (Å²) < 4.78 is 76.1. The Labute approximate surface area is 391 Å². The largest absolute Gasteiger partial charge is 0.497 e. The zero-order chi connectivity index (χ0) is 46.8. The van der Waals surface area contributed by atoms with E-state index in [2.05, 4.69) is 6.58 Å². The zero-order valence-corrected chi connectivity index (χ0v) is 37.9. The van der Waals surface area contributed by atoms with Crippen LogP contribution < -0.4 is 4.74 Å². The molecule has 0 saturated carbocycles. The van der Waals surface area contributed by atoms with E-state index in [1.54, 1.807) is 13.2 Å². The van der Waals surface area contributed by atoms with Gasteiger partial charge in [-0.25, -0.2) is 9.59 Å². The Bertz CT molecular complexity index is 2230. The van der Waals surface area contributed by atoms with E-state index in [0.29, 0.717) is 5.75 Å². The van der Waals surface area contributed by atoms with Gasteiger partial charge < -0.3 is 56.8 Å². The Hall–Kier alpha value is -5.78. The fourth-order valence-electron chi connectivity index (χ4n) is 7.84. The molecule has 7 rings (SSSR count). The van der Waals surface area contributed by atoms with Gasteiger partial charge in [-0.2, -0.15) is 0 Å². The number of benzene rings is 5. The second kappa shape index (κ2) is 25.4. The minimum Gasteiger partial charge on any atom is -0.497 e. The number of hydrogen-bond acceptors (Lipinski definition) is 14. The second-order valence-electron chi connectivity index (χ2n) is 15.8. The predicted octanol–water partition coefficient (Wildman–Crippen LogP) is 7.31. The van der Waals surface area contributed by atoms with Gasteiger partial charge in [0.05, 0.1) is 61.0 Å². The molecule has 10 atom stereocenters. The van der Waals surface area contributed by atoms with E-state index in [4.69, 9.17) is 56.8 Å². The van der Waals surface area contributed by atoms with Gasteiger partial charge in [0.1, 0.15) is 42.4 Å². The van der Waals surface area contributed by atoms with Crippen LogP contribution in [-0.2, 0) is 94.7 Å². The van der Waals surface area contributed by atoms with Gasteiger partial charge in [-0.05, 0) is 39.9 Å². The van der Waals surface area contributed by atoms with Crippen LogP contribution in [-0.4, -0.2) is 101 Å². The Morgan fingerprint density at radius 2 is 0.806 bits per heavy atom. The SMILES string of the molecule is C=CCO[C@@H]1O[C@H](C(=O)OC)[C@H](O[C@H]2O[C@H](C(=O)OC)[C@H](OCc3ccc(OC)cc3)[C@H](OCc3ccccc3)[C@H]2OCc2ccccc2)[C@H](OCc2ccccc2)[C@H]1OCc1ccccc1. The standard InChI is InChI=1S/C53H58O14/c1-5-30-59-52-48(63-33-38-22-14-8-15-23-38)44(62-32-37-20-12-7-13-21-37)45(47(66-52)51(55)58-4)65-53-49(64-34-39-24-16-9-17-25-39)43(61-31-36-18-10-6-11-19-36)42(46(67-53)50(54)57-3)60-35-40-26-28-41(56-2)29-27-40/h5-29,42-49,52-53H,1,30-35H2,2-4H3/t42-,43+,44+,45-,46+,47+,48-,49-,52-,53+/m1/s1. The molecule has 5 aromatic carbocycles. The van der Waals surface area contributed by atoms with Gasteiger partial charge in [0, 0.05) is 0 Å². The summed E-state index contributed by atoms with van der Waals surface area (Å²) >= 11 is 0. The molecule has 354 valence electrons. The van der Waals surface area contributed by atoms with E-state index in [1.807, 2.05) is 146 Å². The highest BCUT2D eigenvalue weighted by Gasteiger charge is 2.57. The summed E-state index contributed by atoms with van der Waals surface area (Å²) in [4.78, 5) is 28.0. The molecule has 2 aliphatic rings. The van der Waals surface area contributed by atoms with E-state index in [1.165, 1.54) is 14.2 Å². The highest BCUT2D eigenvalue weighted by Crippen LogP contribution is 2.37. The first-order chi connectivity index (χ1) is 32.9. The number of esters is 2. The molecule has 2 fully saturated rings. The maximum Gasteiger partial charge on any atom is 0.337 e. The molecule has 0 aliphatic carbocycles. The molecular formula is C53H58O14. The number of carbonyl (C=O) groups excluding carboxylic acids is 2. The number of ether oxygens (including phenoxy) is 12. The maximum absolute atomic E-state index is 14.0. The first-order valence-electron chi connectivity index (χ1n) is 22.1. The topological polar surface area (TPSA) is 145 Å². The van der Waals surface area contributed by atoms with Gasteiger partial charge in [0.25, 0.3) is 0 Å². The Morgan fingerprint density at radius 1 is 0.448 bits per heavy atom. The molecular weight excluding hydrogens is 861 g/mol. The summed E-state index contributed by atoms with van der Waals surface area (Å²) in [5, 5.41) is 0. The number of hydrogen-bond donors (Lipinski definition) is 0. The van der Waals surface area contributed by atoms with Crippen LogP contribution >= 0.6 is 0 Å². The summed E-state index contributed by atoms with van der Waals surface area (Å²) in [6.45, 7) is 4.30. The molecule has 2 aliphatic heterocycles. The van der Waals surface area contributed by atoms with Crippen molar-refractivity contribution in [3.8, 4) is 5.75 Å². The highest BCUT2D eigenvalue weighted by molar-refractivity contribution is 5.76. The average molecular weight is 919 g/mol. The van der Waals surface area contributed by atoms with E-state index in [0.717, 1.165) is 27.8 Å². The molecule has 14 nitrogen and oxygen atoms in total. The van der Waals surface area contributed by atoms with Crippen molar-refractivity contribution in [1.82, 2.24) is 0 Å². The van der Waals surface area contributed by atoms with E-state index < -0.39 is 73.4 Å². The molecule has 0 unspecified atom stereocenters. The quantitative estimate of drug-likeness (QED) is 0.0477. The lowest BCUT2D eigenvalue weighted by Crippen LogP contribution is -2.67. The van der Waals surface area contributed by atoms with Crippen molar-refractivity contribution in [3.05, 3.63) is 186 Å². The van der Waals surface area contributed by atoms with Crippen LogP contribution in [0.2, 0.25) is 0 Å². The van der Waals surface area contributed by atoms with Crippen LogP contribution in [0, 0.1) is 0 Å². The van der Waals surface area contributed by atoms with Gasteiger partial charge in [0.2, 0.25) is 0 Å². The smallest absolute Gasteiger partial charge is 0.337 e. The van der Waals surface area contributed by atoms with Crippen LogP contribution in [0.1, 0.15) is 27.8 Å². The van der Waals surface area contributed by atoms with Gasteiger partial charge >= 0.3 is 11.9 Å². The fourth-order valence-corrected chi connectivity index (χ4v) is 7.84. The van der Waals surface area contributed by atoms with Crippen molar-refractivity contribution in [2.24, 2.45) is 0 Å². The first kappa shape index (κ1) is 49.1. The third kappa shape index (κ3) is 13.4. The normalized spacial score (nSPS) is 24.9. The molecule has 14 heteroatoms. The molecule has 2 saturated heterocycles. The Balaban J connectivity index is 1.31. The van der Waals surface area contributed by atoms with Crippen LogP contribution in [0.25, 0.3) is 0 Å². The van der Waals surface area contributed by atoms with Crippen molar-refractivity contribution in [1.29, 1.82) is 0 Å². The summed E-state index contributed by atoms with van der Waals surface area (Å²) in [6.07, 6.45) is -10.7. The lowest BCUT2D eigenvalue weighted by molar-refractivity contribution is -0.367. The minimum atomic E-state index is -1.47. The van der Waals surface area contributed by atoms with Crippen LogP contribution in [0.15, 0.2) is 158 Å². The summed E-state index contributed by atoms with van der Waals surface area (Å²) in [5.41, 5.74) is 4.18. The molecule has 0 radical (unpaired) electrons. The lowest BCUT2D eigenvalue weighted by atomic mass is 9.95. The second-order valence-corrected chi connectivity index (χ2v) is 15.8. The summed E-state index contributed by atoms with van der Waals surface area (Å²) in [6, 6.07) is 45.6. The van der Waals surface area contributed by atoms with Crippen LogP contribution in [0.4, 0.5) is 0 Å². The number of methoxy groups -OCH3 is 3. The molecule has 0 amide bonds. The molecule has 0 spiro atoms. The molecule has 0 aromatic heterocycles. The maximum atomic E-state index is 14.0. The van der Waals surface area contributed by atoms with Gasteiger partial charge in [-0.1, -0.05) is 140 Å². The monoisotopic (exact) mass is 918 g/mol. The highest BCUT2D eigenvalue weighted by atomic mass is 16.8. The molecule has 0 N–H and O–H groups in total. The van der Waals surface area contributed by atoms with E-state index in [-0.39, 0.29) is 39.6 Å². The fraction of sp³-hybridized carbons (Fsp3) is 0.358. The molecule has 2 heterocycles. The number of carbonyl (C=O) groups is 2. The van der Waals surface area contributed by atoms with E-state index >= 15 is 0 Å². The predicted molar refractivity (Wildman–Crippen MR) is 244 cm³/mol. The third-order valence-electron chi connectivity index (χ3n) is 11.3. The lowest BCUT2D eigenvalue weighted by Gasteiger charge is -2.49. The minimum absolute atomic E-state index is 0.0520. The summed E-state index contributed by atoms with van der Waals surface area (Å²) in [7, 11) is 4.09. The van der Waals surface area contributed by atoms with Gasteiger partial charge in [-0.3, -0.25) is 0 Å². The molecule has 5 aromatic rings. The van der Waals surface area contributed by atoms with Crippen molar-refractivity contribution >= 4 is 11.9 Å². The van der Waals surface area contributed by atoms with E-state index in [9.17, 15) is 9.59 Å². The average Bonchev–Trinajstić information content (AvgIpc) is 3.38. The van der Waals surface area contributed by atoms with Crippen molar-refractivity contribution < 1.29 is 66.4 Å². The van der Waals surface area contributed by atoms with Crippen molar-refractivity contribution in [2.75, 3.05) is 27.9 Å². The van der Waals surface area contributed by atoms with Crippen molar-refractivity contribution in [2.45, 2.75) is 94.4 Å². The van der Waals surface area contributed by atoms with Gasteiger partial charge in [-0.15, -0.1) is 6.58 Å². The Morgan fingerprint density at radius 3 is 1.22 bits per heavy atom.